The molecule has 0 fully saturated rings. The Kier molecular flexibility index (Phi) is 3.49. The number of likely N-dealkylation sites (N-methyl/N-ethyl adjacent to an activating group) is 1. The van der Waals surface area contributed by atoms with Gasteiger partial charge in [0.25, 0.3) is 0 Å². The van der Waals surface area contributed by atoms with E-state index in [-0.39, 0.29) is 5.91 Å². The van der Waals surface area contributed by atoms with E-state index >= 15 is 0 Å². The van der Waals surface area contributed by atoms with Gasteiger partial charge in [-0.1, -0.05) is 0 Å². The first-order valence-electron chi connectivity index (χ1n) is 2.91. The average Bonchev–Trinajstić information content (AvgIpc) is 1.82. The zero-order valence-corrected chi connectivity index (χ0v) is 6.53. The van der Waals surface area contributed by atoms with Gasteiger partial charge in [-0.05, 0) is 0 Å². The highest BCUT2D eigenvalue weighted by atomic mass is 16.2. The van der Waals surface area contributed by atoms with Crippen LogP contribution < -0.4 is 5.84 Å². The average molecular weight is 143 g/mol. The summed E-state index contributed by atoms with van der Waals surface area (Å²) in [5.41, 5.74) is 0. The van der Waals surface area contributed by atoms with Crippen molar-refractivity contribution in [3.63, 3.8) is 0 Å². The lowest BCUT2D eigenvalue weighted by atomic mass is 10.5. The number of amides is 1. The zero-order valence-electron chi connectivity index (χ0n) is 6.53. The third-order valence-corrected chi connectivity index (χ3v) is 0.893. The lowest BCUT2D eigenvalue weighted by molar-refractivity contribution is -0.123. The number of hydrogen-bond acceptors (Lipinski definition) is 3. The van der Waals surface area contributed by atoms with Crippen LogP contribution >= 0.6 is 0 Å². The lowest BCUT2D eigenvalue weighted by Gasteiger charge is -2.07. The van der Waals surface area contributed by atoms with Crippen LogP contribution in [0.3, 0.4) is 0 Å². The minimum Gasteiger partial charge on any atom is -0.345 e. The van der Waals surface area contributed by atoms with Crippen LogP contribution in [0.4, 0.5) is 0 Å². The van der Waals surface area contributed by atoms with Crippen molar-refractivity contribution in [1.29, 1.82) is 0 Å². The number of carbonyl (C=O) groups excluding carboxylic acids is 1. The van der Waals surface area contributed by atoms with Crippen LogP contribution in [-0.2, 0) is 4.79 Å². The predicted molar refractivity (Wildman–Crippen MR) is 39.8 cm³/mol. The van der Waals surface area contributed by atoms with Crippen molar-refractivity contribution in [3.8, 4) is 0 Å². The van der Waals surface area contributed by atoms with Gasteiger partial charge < -0.3 is 9.91 Å². The first-order valence-corrected chi connectivity index (χ1v) is 2.91. The van der Waals surface area contributed by atoms with Crippen LogP contribution in [0.25, 0.3) is 0 Å². The van der Waals surface area contributed by atoms with Crippen LogP contribution in [0, 0.1) is 0 Å². The number of carbonyl (C=O) groups is 1. The number of rotatable bonds is 2. The second-order valence-corrected chi connectivity index (χ2v) is 2.21. The molecule has 0 aliphatic carbocycles. The van der Waals surface area contributed by atoms with E-state index in [9.17, 15) is 4.79 Å². The molecule has 0 rings (SSSR count). The van der Waals surface area contributed by atoms with Crippen molar-refractivity contribution < 1.29 is 4.79 Å². The van der Waals surface area contributed by atoms with Gasteiger partial charge in [0.15, 0.2) is 0 Å². The summed E-state index contributed by atoms with van der Waals surface area (Å²) in [6.45, 7) is 0. The highest BCUT2D eigenvalue weighted by Crippen LogP contribution is 1.81. The minimum atomic E-state index is -0.0719. The fraction of sp³-hybridized carbons (Fsp3) is 0.500. The summed E-state index contributed by atoms with van der Waals surface area (Å²) >= 11 is 0. The Labute approximate surface area is 60.9 Å². The second-order valence-electron chi connectivity index (χ2n) is 2.21. The van der Waals surface area contributed by atoms with Crippen LogP contribution in [0.15, 0.2) is 12.3 Å². The van der Waals surface area contributed by atoms with Crippen molar-refractivity contribution in [2.24, 2.45) is 5.84 Å². The summed E-state index contributed by atoms with van der Waals surface area (Å²) in [7, 11) is 5.02. The van der Waals surface area contributed by atoms with E-state index in [2.05, 4.69) is 0 Å². The van der Waals surface area contributed by atoms with E-state index in [4.69, 9.17) is 5.84 Å². The van der Waals surface area contributed by atoms with Crippen molar-refractivity contribution in [2.75, 3.05) is 21.1 Å². The third-order valence-electron chi connectivity index (χ3n) is 0.893. The molecule has 0 aromatic carbocycles. The van der Waals surface area contributed by atoms with Crippen molar-refractivity contribution in [1.82, 2.24) is 9.91 Å². The normalized spacial score (nSPS) is 10.0. The topological polar surface area (TPSA) is 49.6 Å². The Morgan fingerprint density at radius 2 is 1.90 bits per heavy atom. The van der Waals surface area contributed by atoms with Crippen LogP contribution in [0.2, 0.25) is 0 Å². The van der Waals surface area contributed by atoms with Crippen molar-refractivity contribution in [2.45, 2.75) is 0 Å². The van der Waals surface area contributed by atoms with E-state index in [1.165, 1.54) is 22.2 Å². The summed E-state index contributed by atoms with van der Waals surface area (Å²) in [5.74, 6) is 5.14. The van der Waals surface area contributed by atoms with Crippen molar-refractivity contribution >= 4 is 5.91 Å². The minimum absolute atomic E-state index is 0.0719. The summed E-state index contributed by atoms with van der Waals surface area (Å²) in [6, 6.07) is 0. The first-order chi connectivity index (χ1) is 4.54. The van der Waals surface area contributed by atoms with Gasteiger partial charge in [-0.15, -0.1) is 0 Å². The highest BCUT2D eigenvalue weighted by Gasteiger charge is 1.95. The summed E-state index contributed by atoms with van der Waals surface area (Å²) in [4.78, 5) is 12.3. The van der Waals surface area contributed by atoms with E-state index in [1.807, 2.05) is 0 Å². The molecule has 10 heavy (non-hydrogen) atoms. The molecule has 0 bridgehead atoms. The van der Waals surface area contributed by atoms with Gasteiger partial charge in [0, 0.05) is 33.4 Å². The number of nitrogens with zero attached hydrogens (tertiary/aromatic N) is 2. The Morgan fingerprint density at radius 3 is 2.20 bits per heavy atom. The van der Waals surface area contributed by atoms with Crippen molar-refractivity contribution in [3.05, 3.63) is 12.3 Å². The molecule has 1 amide bonds. The molecule has 0 aliphatic heterocycles. The molecule has 0 heterocycles. The summed E-state index contributed by atoms with van der Waals surface area (Å²) in [5, 5.41) is 1.32. The monoisotopic (exact) mass is 143 g/mol. The quantitative estimate of drug-likeness (QED) is 0.319. The summed E-state index contributed by atoms with van der Waals surface area (Å²) < 4.78 is 0. The highest BCUT2D eigenvalue weighted by molar-refractivity contribution is 5.86. The molecule has 4 nitrogen and oxygen atoms in total. The molecular formula is C6H13N3O. The Bertz CT molecular complexity index is 140. The van der Waals surface area contributed by atoms with Crippen LogP contribution in [0.1, 0.15) is 0 Å². The lowest BCUT2D eigenvalue weighted by Crippen LogP contribution is -2.22. The van der Waals surface area contributed by atoms with Crippen LogP contribution in [-0.4, -0.2) is 37.0 Å². The fourth-order valence-corrected chi connectivity index (χ4v) is 0.330. The van der Waals surface area contributed by atoms with Gasteiger partial charge in [-0.2, -0.15) is 0 Å². The van der Waals surface area contributed by atoms with Crippen LogP contribution in [0.5, 0.6) is 0 Å². The maximum Gasteiger partial charge on any atom is 0.247 e. The van der Waals surface area contributed by atoms with Gasteiger partial charge in [0.05, 0.1) is 0 Å². The number of hydrogen-bond donors (Lipinski definition) is 1. The molecule has 0 unspecified atom stereocenters. The van der Waals surface area contributed by atoms with E-state index in [0.29, 0.717) is 0 Å². The Balaban J connectivity index is 3.79. The van der Waals surface area contributed by atoms with Gasteiger partial charge in [0.2, 0.25) is 5.91 Å². The van der Waals surface area contributed by atoms with Gasteiger partial charge in [-0.3, -0.25) is 4.79 Å². The summed E-state index contributed by atoms with van der Waals surface area (Å²) in [6.07, 6.45) is 2.91. The number of hydrazine groups is 1. The molecule has 58 valence electrons. The zero-order chi connectivity index (χ0) is 8.15. The molecule has 2 N–H and O–H groups in total. The predicted octanol–water partition coefficient (Wildman–Crippen LogP) is -0.606. The fourth-order valence-electron chi connectivity index (χ4n) is 0.330. The molecule has 4 heteroatoms. The van der Waals surface area contributed by atoms with E-state index in [1.54, 1.807) is 21.1 Å². The number of nitrogens with two attached hydrogens (primary N) is 1. The molecule has 0 aromatic heterocycles. The molecule has 0 saturated carbocycles. The third kappa shape index (κ3) is 3.91. The molecule has 0 atom stereocenters. The smallest absolute Gasteiger partial charge is 0.247 e. The standard InChI is InChI=1S/C6H13N3O/c1-8(2)6(10)4-5-9(3)7/h4-5H,7H2,1-3H3/b5-4+. The molecule has 0 spiro atoms. The molecular weight excluding hydrogens is 130 g/mol. The molecule has 0 saturated heterocycles. The maximum absolute atomic E-state index is 10.8. The molecule has 0 aliphatic rings. The maximum atomic E-state index is 10.8. The van der Waals surface area contributed by atoms with Gasteiger partial charge >= 0.3 is 0 Å². The van der Waals surface area contributed by atoms with Gasteiger partial charge in [-0.25, -0.2) is 5.84 Å². The second kappa shape index (κ2) is 3.90. The SMILES string of the molecule is CN(N)/C=C/C(=O)N(C)C. The Hall–Kier alpha value is -1.03. The largest absolute Gasteiger partial charge is 0.345 e. The Morgan fingerprint density at radius 1 is 1.40 bits per heavy atom. The molecule has 0 aromatic rings. The van der Waals surface area contributed by atoms with Gasteiger partial charge in [0.1, 0.15) is 0 Å². The van der Waals surface area contributed by atoms with E-state index in [0.717, 1.165) is 0 Å². The molecule has 0 radical (unpaired) electrons. The first kappa shape index (κ1) is 8.97. The van der Waals surface area contributed by atoms with E-state index < -0.39 is 0 Å².